The highest BCUT2D eigenvalue weighted by Gasteiger charge is 2.09. The van der Waals surface area contributed by atoms with E-state index in [-0.39, 0.29) is 16.4 Å². The van der Waals surface area contributed by atoms with Gasteiger partial charge in [0.15, 0.2) is 5.11 Å². The second-order valence-electron chi connectivity index (χ2n) is 2.34. The number of thiocarbonyl (C=S) groups is 1. The third-order valence-electron chi connectivity index (χ3n) is 1.39. The number of nitrogens with one attached hydrogen (secondary N) is 1. The molecular formula is C8H8N2O2S. The molecule has 0 aromatic heterocycles. The van der Waals surface area contributed by atoms with Gasteiger partial charge in [-0.15, -0.1) is 0 Å². The molecule has 0 unspecified atom stereocenters. The van der Waals surface area contributed by atoms with Crippen LogP contribution in [0.25, 0.3) is 0 Å². The van der Waals surface area contributed by atoms with Crippen LogP contribution >= 0.6 is 12.2 Å². The lowest BCUT2D eigenvalue weighted by atomic mass is 10.2. The van der Waals surface area contributed by atoms with E-state index in [1.807, 2.05) is 0 Å². The Kier molecular flexibility index (Phi) is 2.81. The number of phenolic OH excluding ortho intramolecular Hbond substituents is 1. The van der Waals surface area contributed by atoms with Crippen LogP contribution < -0.4 is 11.1 Å². The number of amides is 1. The summed E-state index contributed by atoms with van der Waals surface area (Å²) >= 11 is 4.48. The third kappa shape index (κ3) is 2.41. The molecule has 1 rings (SSSR count). The Hall–Kier alpha value is -1.62. The summed E-state index contributed by atoms with van der Waals surface area (Å²) in [6, 6.07) is 6.14. The number of para-hydroxylation sites is 1. The van der Waals surface area contributed by atoms with Crippen molar-refractivity contribution >= 4 is 23.2 Å². The first kappa shape index (κ1) is 9.47. The molecule has 0 aliphatic carbocycles. The Morgan fingerprint density at radius 3 is 2.62 bits per heavy atom. The number of carbonyl (C=O) groups is 1. The molecule has 0 radical (unpaired) electrons. The third-order valence-corrected chi connectivity index (χ3v) is 1.49. The molecule has 1 aromatic carbocycles. The van der Waals surface area contributed by atoms with Crippen molar-refractivity contribution < 1.29 is 9.90 Å². The summed E-state index contributed by atoms with van der Waals surface area (Å²) in [6.45, 7) is 0. The Morgan fingerprint density at radius 2 is 2.08 bits per heavy atom. The van der Waals surface area contributed by atoms with Crippen molar-refractivity contribution in [3.05, 3.63) is 29.8 Å². The zero-order chi connectivity index (χ0) is 9.84. The number of carbonyl (C=O) groups excluding carboxylic acids is 1. The van der Waals surface area contributed by atoms with Gasteiger partial charge in [-0.2, -0.15) is 0 Å². The molecule has 5 heteroatoms. The van der Waals surface area contributed by atoms with E-state index in [1.54, 1.807) is 12.1 Å². The molecular weight excluding hydrogens is 188 g/mol. The fourth-order valence-corrected chi connectivity index (χ4v) is 0.938. The van der Waals surface area contributed by atoms with E-state index in [0.717, 1.165) is 0 Å². The molecule has 0 fully saturated rings. The second kappa shape index (κ2) is 3.86. The van der Waals surface area contributed by atoms with Crippen molar-refractivity contribution in [2.45, 2.75) is 0 Å². The first-order valence-corrected chi connectivity index (χ1v) is 3.91. The van der Waals surface area contributed by atoms with Crippen molar-refractivity contribution in [1.82, 2.24) is 5.32 Å². The van der Waals surface area contributed by atoms with Gasteiger partial charge in [-0.05, 0) is 24.4 Å². The summed E-state index contributed by atoms with van der Waals surface area (Å²) < 4.78 is 0. The predicted molar refractivity (Wildman–Crippen MR) is 52.4 cm³/mol. The lowest BCUT2D eigenvalue weighted by Gasteiger charge is -2.03. The van der Waals surface area contributed by atoms with Crippen LogP contribution in [0.3, 0.4) is 0 Å². The molecule has 4 N–H and O–H groups in total. The van der Waals surface area contributed by atoms with Gasteiger partial charge in [0.05, 0.1) is 5.56 Å². The molecule has 0 heterocycles. The van der Waals surface area contributed by atoms with Crippen LogP contribution in [-0.4, -0.2) is 16.1 Å². The van der Waals surface area contributed by atoms with Gasteiger partial charge >= 0.3 is 0 Å². The van der Waals surface area contributed by atoms with E-state index in [4.69, 9.17) is 5.73 Å². The summed E-state index contributed by atoms with van der Waals surface area (Å²) in [7, 11) is 0. The molecule has 13 heavy (non-hydrogen) atoms. The van der Waals surface area contributed by atoms with E-state index in [0.29, 0.717) is 0 Å². The van der Waals surface area contributed by atoms with Crippen LogP contribution in [0, 0.1) is 0 Å². The highest BCUT2D eigenvalue weighted by atomic mass is 32.1. The van der Waals surface area contributed by atoms with Gasteiger partial charge in [0.25, 0.3) is 5.91 Å². The molecule has 0 aliphatic rings. The van der Waals surface area contributed by atoms with E-state index >= 15 is 0 Å². The van der Waals surface area contributed by atoms with Crippen LogP contribution in [-0.2, 0) is 0 Å². The Labute approximate surface area is 80.4 Å². The van der Waals surface area contributed by atoms with Crippen LogP contribution in [0.4, 0.5) is 0 Å². The average Bonchev–Trinajstić information content (AvgIpc) is 2.03. The number of hydrogen-bond acceptors (Lipinski definition) is 3. The van der Waals surface area contributed by atoms with E-state index in [1.165, 1.54) is 12.1 Å². The number of rotatable bonds is 1. The highest BCUT2D eigenvalue weighted by Crippen LogP contribution is 2.14. The number of phenols is 1. The minimum absolute atomic E-state index is 0.101. The van der Waals surface area contributed by atoms with E-state index < -0.39 is 5.91 Å². The van der Waals surface area contributed by atoms with Crippen molar-refractivity contribution in [2.75, 3.05) is 0 Å². The lowest BCUT2D eigenvalue weighted by molar-refractivity contribution is 0.0975. The van der Waals surface area contributed by atoms with Crippen LogP contribution in [0.15, 0.2) is 24.3 Å². The van der Waals surface area contributed by atoms with Crippen LogP contribution in [0.2, 0.25) is 0 Å². The Morgan fingerprint density at radius 1 is 1.46 bits per heavy atom. The number of hydrogen-bond donors (Lipinski definition) is 3. The zero-order valence-electron chi connectivity index (χ0n) is 6.65. The maximum absolute atomic E-state index is 11.2. The molecule has 0 saturated carbocycles. The van der Waals surface area contributed by atoms with E-state index in [9.17, 15) is 9.90 Å². The second-order valence-corrected chi connectivity index (χ2v) is 2.78. The molecule has 1 amide bonds. The van der Waals surface area contributed by atoms with Crippen molar-refractivity contribution in [2.24, 2.45) is 5.73 Å². The van der Waals surface area contributed by atoms with Gasteiger partial charge in [0.1, 0.15) is 5.75 Å². The average molecular weight is 196 g/mol. The summed E-state index contributed by atoms with van der Waals surface area (Å²) in [5.41, 5.74) is 5.25. The van der Waals surface area contributed by atoms with Gasteiger partial charge in [-0.1, -0.05) is 12.1 Å². The van der Waals surface area contributed by atoms with Gasteiger partial charge in [0, 0.05) is 0 Å². The molecule has 1 aromatic rings. The monoisotopic (exact) mass is 196 g/mol. The van der Waals surface area contributed by atoms with Crippen molar-refractivity contribution in [3.8, 4) is 5.75 Å². The number of nitrogens with two attached hydrogens (primary N) is 1. The molecule has 0 atom stereocenters. The lowest BCUT2D eigenvalue weighted by Crippen LogP contribution is -2.34. The normalized spacial score (nSPS) is 9.23. The van der Waals surface area contributed by atoms with Crippen LogP contribution in [0.1, 0.15) is 10.4 Å². The quantitative estimate of drug-likeness (QED) is 0.567. The Balaban J connectivity index is 2.89. The minimum atomic E-state index is -0.509. The minimum Gasteiger partial charge on any atom is -0.507 e. The van der Waals surface area contributed by atoms with E-state index in [2.05, 4.69) is 17.5 Å². The number of aromatic hydroxyl groups is 1. The molecule has 68 valence electrons. The topological polar surface area (TPSA) is 75.3 Å². The van der Waals surface area contributed by atoms with Gasteiger partial charge in [-0.3, -0.25) is 10.1 Å². The van der Waals surface area contributed by atoms with Gasteiger partial charge in [-0.25, -0.2) is 0 Å². The first-order chi connectivity index (χ1) is 6.11. The number of benzene rings is 1. The fraction of sp³-hybridized carbons (Fsp3) is 0. The highest BCUT2D eigenvalue weighted by molar-refractivity contribution is 7.80. The summed E-state index contributed by atoms with van der Waals surface area (Å²) in [5.74, 6) is -0.609. The molecule has 0 aliphatic heterocycles. The first-order valence-electron chi connectivity index (χ1n) is 3.50. The molecule has 0 bridgehead atoms. The van der Waals surface area contributed by atoms with Crippen LogP contribution in [0.5, 0.6) is 5.75 Å². The fourth-order valence-electron chi connectivity index (χ4n) is 0.845. The predicted octanol–water partition coefficient (Wildman–Crippen LogP) is 0.366. The molecule has 0 saturated heterocycles. The zero-order valence-corrected chi connectivity index (χ0v) is 7.47. The molecule has 4 nitrogen and oxygen atoms in total. The summed E-state index contributed by atoms with van der Waals surface area (Å²) in [6.07, 6.45) is 0. The largest absolute Gasteiger partial charge is 0.507 e. The standard InChI is InChI=1S/C8H8N2O2S/c9-8(13)10-7(12)5-3-1-2-4-6(5)11/h1-4,11H,(H3,9,10,12,13). The van der Waals surface area contributed by atoms with Crippen molar-refractivity contribution in [3.63, 3.8) is 0 Å². The van der Waals surface area contributed by atoms with Crippen molar-refractivity contribution in [1.29, 1.82) is 0 Å². The Bertz CT molecular complexity index is 352. The smallest absolute Gasteiger partial charge is 0.261 e. The SMILES string of the molecule is NC(=S)NC(=O)c1ccccc1O. The maximum Gasteiger partial charge on any atom is 0.261 e. The van der Waals surface area contributed by atoms with Gasteiger partial charge in [0.2, 0.25) is 0 Å². The molecule has 0 spiro atoms. The van der Waals surface area contributed by atoms with Gasteiger partial charge < -0.3 is 10.8 Å². The summed E-state index contributed by atoms with van der Waals surface area (Å²) in [5, 5.41) is 11.3. The maximum atomic E-state index is 11.2. The summed E-state index contributed by atoms with van der Waals surface area (Å²) in [4.78, 5) is 11.2.